The Bertz CT molecular complexity index is 970. The van der Waals surface area contributed by atoms with Crippen molar-refractivity contribution in [3.8, 4) is 5.75 Å². The average molecular weight is 412 g/mol. The number of fused-ring (bicyclic) bond motifs is 1. The lowest BCUT2D eigenvalue weighted by atomic mass is 10.0. The summed E-state index contributed by atoms with van der Waals surface area (Å²) in [5.41, 5.74) is 5.55. The molecule has 1 aromatic heterocycles. The van der Waals surface area contributed by atoms with E-state index in [-0.39, 0.29) is 17.6 Å². The maximum atomic E-state index is 13.2. The second kappa shape index (κ2) is 8.36. The van der Waals surface area contributed by atoms with Gasteiger partial charge in [-0.25, -0.2) is 0 Å². The van der Waals surface area contributed by atoms with Gasteiger partial charge in [0.1, 0.15) is 38.5 Å². The lowest BCUT2D eigenvalue weighted by molar-refractivity contribution is -1.02. The summed E-state index contributed by atoms with van der Waals surface area (Å²) in [4.78, 5) is 31.1. The van der Waals surface area contributed by atoms with Crippen molar-refractivity contribution in [1.82, 2.24) is 4.98 Å². The molecule has 0 amide bonds. The average Bonchev–Trinajstić information content (AvgIpc) is 3.30. The molecule has 1 saturated heterocycles. The van der Waals surface area contributed by atoms with Crippen LogP contribution in [0.1, 0.15) is 57.1 Å². The second-order valence-corrected chi connectivity index (χ2v) is 8.89. The first-order valence-corrected chi connectivity index (χ1v) is 11.0. The Balaban J connectivity index is 1.36. The number of quaternary nitrogens is 2. The second-order valence-electron chi connectivity index (χ2n) is 8.89. The van der Waals surface area contributed by atoms with E-state index in [0.717, 1.165) is 62.8 Å². The Kier molecular flexibility index (Phi) is 5.80. The number of ether oxygens (including phenoxy) is 1. The van der Waals surface area contributed by atoms with E-state index in [4.69, 9.17) is 4.74 Å². The smallest absolute Gasteiger partial charge is 0.235 e. The molecular formula is C24H33N3O3+2. The van der Waals surface area contributed by atoms with E-state index in [2.05, 4.69) is 23.2 Å². The van der Waals surface area contributed by atoms with Gasteiger partial charge in [-0.2, -0.15) is 0 Å². The Labute approximate surface area is 178 Å². The van der Waals surface area contributed by atoms with Crippen molar-refractivity contribution in [2.75, 3.05) is 32.8 Å². The van der Waals surface area contributed by atoms with Crippen molar-refractivity contribution in [3.63, 3.8) is 0 Å². The zero-order valence-corrected chi connectivity index (χ0v) is 18.5. The van der Waals surface area contributed by atoms with Gasteiger partial charge in [-0.1, -0.05) is 0 Å². The number of Topliss-reactive ketones (excluding diaryl/α,β-unsaturated/α-hetero) is 2. The normalized spacial score (nSPS) is 21.7. The maximum absolute atomic E-state index is 13.2. The molecule has 3 heterocycles. The van der Waals surface area contributed by atoms with Crippen molar-refractivity contribution in [1.29, 1.82) is 0 Å². The molecular weight excluding hydrogens is 378 g/mol. The van der Waals surface area contributed by atoms with Crippen LogP contribution in [0.4, 0.5) is 0 Å². The number of ketones is 2. The quantitative estimate of drug-likeness (QED) is 0.600. The van der Waals surface area contributed by atoms with E-state index in [1.54, 1.807) is 11.8 Å². The van der Waals surface area contributed by atoms with Gasteiger partial charge in [0, 0.05) is 23.2 Å². The molecule has 2 aliphatic rings. The number of aromatic nitrogens is 1. The molecule has 6 nitrogen and oxygen atoms in total. The van der Waals surface area contributed by atoms with Crippen LogP contribution in [0, 0.1) is 13.8 Å². The van der Waals surface area contributed by atoms with Gasteiger partial charge in [-0.3, -0.25) is 9.59 Å². The lowest BCUT2D eigenvalue weighted by Crippen LogP contribution is -3.29. The molecule has 1 atom stereocenters. The molecule has 0 radical (unpaired) electrons. The number of carbonyl (C=O) groups is 2. The number of aromatic amines is 1. The van der Waals surface area contributed by atoms with Gasteiger partial charge in [0.25, 0.3) is 0 Å². The first-order valence-electron chi connectivity index (χ1n) is 11.0. The topological polar surface area (TPSA) is 68.0 Å². The van der Waals surface area contributed by atoms with E-state index in [1.807, 2.05) is 20.8 Å². The van der Waals surface area contributed by atoms with Crippen LogP contribution in [0.3, 0.4) is 0 Å². The fraction of sp³-hybridized carbons (Fsp3) is 0.500. The molecule has 0 aliphatic carbocycles. The largest absolute Gasteiger partial charge is 0.493 e. The highest BCUT2D eigenvalue weighted by Gasteiger charge is 2.33. The van der Waals surface area contributed by atoms with Gasteiger partial charge in [-0.15, -0.1) is 0 Å². The van der Waals surface area contributed by atoms with Crippen LogP contribution in [0.25, 0.3) is 0 Å². The molecule has 6 heteroatoms. The minimum Gasteiger partial charge on any atom is -0.493 e. The fourth-order valence-electron chi connectivity index (χ4n) is 5.10. The predicted octanol–water partition coefficient (Wildman–Crippen LogP) is 0.324. The molecule has 4 rings (SSSR count). The van der Waals surface area contributed by atoms with Crippen LogP contribution in [0.15, 0.2) is 18.2 Å². The molecule has 1 fully saturated rings. The molecule has 0 spiro atoms. The number of nitrogens with one attached hydrogen (secondary N) is 3. The van der Waals surface area contributed by atoms with Gasteiger partial charge >= 0.3 is 0 Å². The molecule has 30 heavy (non-hydrogen) atoms. The van der Waals surface area contributed by atoms with Gasteiger partial charge in [0.05, 0.1) is 12.3 Å². The zero-order chi connectivity index (χ0) is 21.4. The van der Waals surface area contributed by atoms with Crippen LogP contribution in [0.2, 0.25) is 0 Å². The number of benzene rings is 1. The number of aryl methyl sites for hydroxylation is 1. The summed E-state index contributed by atoms with van der Waals surface area (Å²) in [6, 6.07) is 6.48. The monoisotopic (exact) mass is 411 g/mol. The first kappa shape index (κ1) is 20.8. The van der Waals surface area contributed by atoms with Crippen molar-refractivity contribution in [3.05, 3.63) is 51.8 Å². The number of rotatable bonds is 6. The number of H-pyrrole nitrogens is 1. The van der Waals surface area contributed by atoms with Gasteiger partial charge in [-0.05, 0) is 57.0 Å². The lowest BCUT2D eigenvalue weighted by Gasteiger charge is -2.32. The molecule has 160 valence electrons. The maximum Gasteiger partial charge on any atom is 0.235 e. The van der Waals surface area contributed by atoms with Crippen LogP contribution >= 0.6 is 0 Å². The van der Waals surface area contributed by atoms with Crippen LogP contribution in [-0.4, -0.2) is 55.4 Å². The number of piperazine rings is 1. The zero-order valence-electron chi connectivity index (χ0n) is 18.5. The predicted molar refractivity (Wildman–Crippen MR) is 115 cm³/mol. The number of hydrogen-bond acceptors (Lipinski definition) is 3. The SMILES string of the molecule is CC(=O)c1c(C)[nH]c(C(=O)[C@H](C)[NH+]2CC[NH+](Cc3ccc4c(c3)CCO4)CC2)c1C. The number of carbonyl (C=O) groups excluding carboxylic acids is 2. The molecule has 0 saturated carbocycles. The Morgan fingerprint density at radius 3 is 2.57 bits per heavy atom. The van der Waals surface area contributed by atoms with Gasteiger partial charge in [0.15, 0.2) is 11.8 Å². The molecule has 2 aromatic rings. The van der Waals surface area contributed by atoms with Crippen molar-refractivity contribution < 1.29 is 24.1 Å². The third-order valence-corrected chi connectivity index (χ3v) is 6.85. The summed E-state index contributed by atoms with van der Waals surface area (Å²) < 4.78 is 5.61. The number of hydrogen-bond donors (Lipinski definition) is 3. The highest BCUT2D eigenvalue weighted by molar-refractivity contribution is 6.04. The minimum atomic E-state index is -0.111. The standard InChI is InChI=1S/C24H31N3O3/c1-15-22(18(4)28)16(2)25-23(15)24(29)17(3)27-10-8-26(9-11-27)14-19-5-6-21-20(13-19)7-12-30-21/h5-6,13,17,25H,7-12,14H2,1-4H3/p+2/t17-/m0/s1. The highest BCUT2D eigenvalue weighted by Crippen LogP contribution is 2.25. The van der Waals surface area contributed by atoms with Crippen LogP contribution in [-0.2, 0) is 13.0 Å². The van der Waals surface area contributed by atoms with Crippen LogP contribution < -0.4 is 14.5 Å². The molecule has 0 bridgehead atoms. The molecule has 1 aromatic carbocycles. The summed E-state index contributed by atoms with van der Waals surface area (Å²) in [5, 5.41) is 0. The minimum absolute atomic E-state index is 0.00984. The van der Waals surface area contributed by atoms with Crippen molar-refractivity contribution in [2.45, 2.75) is 46.7 Å². The summed E-state index contributed by atoms with van der Waals surface area (Å²) >= 11 is 0. The van der Waals surface area contributed by atoms with Crippen molar-refractivity contribution in [2.24, 2.45) is 0 Å². The summed E-state index contributed by atoms with van der Waals surface area (Å²) in [5.74, 6) is 1.16. The Morgan fingerprint density at radius 2 is 1.90 bits per heavy atom. The summed E-state index contributed by atoms with van der Waals surface area (Å²) in [6.07, 6.45) is 1.01. The molecule has 0 unspecified atom stereocenters. The van der Waals surface area contributed by atoms with Gasteiger partial charge < -0.3 is 19.5 Å². The van der Waals surface area contributed by atoms with Gasteiger partial charge in [0.2, 0.25) is 5.78 Å². The third-order valence-electron chi connectivity index (χ3n) is 6.85. The summed E-state index contributed by atoms with van der Waals surface area (Å²) in [6.45, 7) is 13.2. The van der Waals surface area contributed by atoms with Crippen LogP contribution in [0.5, 0.6) is 5.75 Å². The molecule has 3 N–H and O–H groups in total. The first-order chi connectivity index (χ1) is 14.3. The van der Waals surface area contributed by atoms with E-state index in [1.165, 1.54) is 16.0 Å². The third kappa shape index (κ3) is 3.94. The fourth-order valence-corrected chi connectivity index (χ4v) is 5.10. The van der Waals surface area contributed by atoms with E-state index in [9.17, 15) is 9.59 Å². The molecule has 2 aliphatic heterocycles. The highest BCUT2D eigenvalue weighted by atomic mass is 16.5. The van der Waals surface area contributed by atoms with E-state index >= 15 is 0 Å². The Hall–Kier alpha value is -2.44. The summed E-state index contributed by atoms with van der Waals surface area (Å²) in [7, 11) is 0. The van der Waals surface area contributed by atoms with E-state index in [0.29, 0.717) is 11.3 Å². The Morgan fingerprint density at radius 1 is 1.17 bits per heavy atom. The van der Waals surface area contributed by atoms with E-state index < -0.39 is 0 Å². The van der Waals surface area contributed by atoms with Crippen molar-refractivity contribution >= 4 is 11.6 Å².